The topological polar surface area (TPSA) is 98.9 Å². The van der Waals surface area contributed by atoms with Crippen molar-refractivity contribution >= 4 is 23.6 Å². The summed E-state index contributed by atoms with van der Waals surface area (Å²) in [6, 6.07) is 5.72. The van der Waals surface area contributed by atoms with Gasteiger partial charge in [-0.3, -0.25) is 14.6 Å². The number of thioether (sulfide) groups is 1. The lowest BCUT2D eigenvalue weighted by molar-refractivity contribution is -0.759. The van der Waals surface area contributed by atoms with Gasteiger partial charge in [0.15, 0.2) is 0 Å². The molecule has 0 bridgehead atoms. The van der Waals surface area contributed by atoms with Gasteiger partial charge in [0.05, 0.1) is 29.2 Å². The maximum absolute atomic E-state index is 12.2. The van der Waals surface area contributed by atoms with Gasteiger partial charge in [0, 0.05) is 5.69 Å². The number of nitriles is 1. The van der Waals surface area contributed by atoms with Crippen LogP contribution in [-0.4, -0.2) is 35.0 Å². The molecule has 0 spiro atoms. The number of carbonyl (C=O) groups excluding carboxylic acids is 1. The molecule has 1 saturated heterocycles. The number of carbonyl (C=O) groups is 1. The number of piperidine rings is 1. The molecule has 1 aliphatic heterocycles. The van der Waals surface area contributed by atoms with Gasteiger partial charge in [0.2, 0.25) is 11.2 Å². The minimum Gasteiger partial charge on any atom is -0.288 e. The Morgan fingerprint density at radius 3 is 2.89 bits per heavy atom. The highest BCUT2D eigenvalue weighted by Crippen LogP contribution is 2.23. The molecule has 142 valence electrons. The Balaban J connectivity index is 1.58. The van der Waals surface area contributed by atoms with E-state index >= 15 is 0 Å². The monoisotopic (exact) mass is 387 g/mol. The second-order valence-corrected chi connectivity index (χ2v) is 7.66. The molecule has 1 aliphatic rings. The van der Waals surface area contributed by atoms with E-state index in [1.54, 1.807) is 17.1 Å². The van der Waals surface area contributed by atoms with Crippen molar-refractivity contribution in [2.45, 2.75) is 44.1 Å². The summed E-state index contributed by atoms with van der Waals surface area (Å²) >= 11 is 1.24. The summed E-state index contributed by atoms with van der Waals surface area (Å²) in [5.41, 5.74) is 1.37. The Labute approximate surface area is 162 Å². The molecule has 1 fully saturated rings. The zero-order valence-electron chi connectivity index (χ0n) is 15.5. The average Bonchev–Trinajstić information content (AvgIpc) is 3.15. The number of pyridine rings is 1. The Hall–Kier alpha value is -2.60. The second-order valence-electron chi connectivity index (χ2n) is 6.69. The number of rotatable bonds is 6. The lowest BCUT2D eigenvalue weighted by atomic mass is 10.1. The first-order valence-corrected chi connectivity index (χ1v) is 10.0. The van der Waals surface area contributed by atoms with E-state index in [4.69, 9.17) is 4.52 Å². The average molecular weight is 387 g/mol. The summed E-state index contributed by atoms with van der Waals surface area (Å²) in [5.74, 6) is 0.455. The molecular weight excluding hydrogens is 364 g/mol. The minimum absolute atomic E-state index is 0.133. The van der Waals surface area contributed by atoms with Gasteiger partial charge in [-0.2, -0.15) is 10.3 Å². The molecule has 1 amide bonds. The molecule has 0 atom stereocenters. The molecule has 3 rings (SSSR count). The highest BCUT2D eigenvalue weighted by atomic mass is 32.2. The Kier molecular flexibility index (Phi) is 6.29. The van der Waals surface area contributed by atoms with E-state index in [1.807, 2.05) is 19.9 Å². The molecule has 8 nitrogen and oxygen atoms in total. The number of nitrogens with one attached hydrogen (secondary N) is 1. The lowest BCUT2D eigenvalue weighted by Gasteiger charge is -2.17. The van der Waals surface area contributed by atoms with Crippen LogP contribution >= 0.6 is 11.8 Å². The van der Waals surface area contributed by atoms with E-state index in [1.165, 1.54) is 18.2 Å². The van der Waals surface area contributed by atoms with Crippen molar-refractivity contribution in [3.05, 3.63) is 29.6 Å². The molecule has 0 aliphatic carbocycles. The number of aromatic nitrogens is 3. The Morgan fingerprint density at radius 1 is 1.41 bits per heavy atom. The van der Waals surface area contributed by atoms with Gasteiger partial charge in [-0.25, -0.2) is 4.98 Å². The lowest BCUT2D eigenvalue weighted by Crippen LogP contribution is -2.60. The fourth-order valence-electron chi connectivity index (χ4n) is 2.79. The third-order valence-electron chi connectivity index (χ3n) is 4.27. The van der Waals surface area contributed by atoms with Crippen LogP contribution in [0.15, 0.2) is 27.9 Å². The molecular formula is C18H23N6O2S+. The van der Waals surface area contributed by atoms with E-state index in [0.717, 1.165) is 31.6 Å². The molecule has 3 heterocycles. The van der Waals surface area contributed by atoms with E-state index in [-0.39, 0.29) is 17.6 Å². The Bertz CT molecular complexity index is 839. The van der Waals surface area contributed by atoms with Crippen molar-refractivity contribution in [2.75, 3.05) is 29.2 Å². The maximum atomic E-state index is 12.2. The van der Waals surface area contributed by atoms with E-state index in [2.05, 4.69) is 26.7 Å². The van der Waals surface area contributed by atoms with Crippen LogP contribution in [0.25, 0.3) is 0 Å². The molecule has 0 saturated carbocycles. The van der Waals surface area contributed by atoms with Crippen LogP contribution in [0.1, 0.15) is 50.3 Å². The fraction of sp³-hybridized carbons (Fsp3) is 0.500. The fourth-order valence-corrected chi connectivity index (χ4v) is 3.57. The normalized spacial score (nSPS) is 14.2. The minimum atomic E-state index is -0.234. The van der Waals surface area contributed by atoms with Gasteiger partial charge in [0.1, 0.15) is 11.1 Å². The largest absolute Gasteiger partial charge is 0.305 e. The summed E-state index contributed by atoms with van der Waals surface area (Å²) in [6.07, 6.45) is 5.16. The summed E-state index contributed by atoms with van der Waals surface area (Å²) in [4.78, 5) is 18.4. The third kappa shape index (κ3) is 4.98. The Morgan fingerprint density at radius 2 is 2.19 bits per heavy atom. The van der Waals surface area contributed by atoms with Gasteiger partial charge in [0.25, 0.3) is 6.20 Å². The number of amides is 1. The summed E-state index contributed by atoms with van der Waals surface area (Å²) in [5, 5.41) is 18.6. The van der Waals surface area contributed by atoms with Crippen molar-refractivity contribution in [1.29, 1.82) is 5.26 Å². The molecule has 2 aromatic heterocycles. The van der Waals surface area contributed by atoms with Gasteiger partial charge in [-0.15, -0.1) is 0 Å². The van der Waals surface area contributed by atoms with Crippen molar-refractivity contribution in [3.63, 3.8) is 0 Å². The van der Waals surface area contributed by atoms with Gasteiger partial charge >= 0.3 is 5.88 Å². The first-order chi connectivity index (χ1) is 13.1. The molecule has 0 radical (unpaired) electrons. The molecule has 0 unspecified atom stereocenters. The van der Waals surface area contributed by atoms with E-state index in [0.29, 0.717) is 16.5 Å². The van der Waals surface area contributed by atoms with Crippen LogP contribution < -0.4 is 15.1 Å². The van der Waals surface area contributed by atoms with Crippen LogP contribution in [0, 0.1) is 11.3 Å². The molecule has 1 N–H and O–H groups in total. The summed E-state index contributed by atoms with van der Waals surface area (Å²) in [6.45, 7) is 5.93. The quantitative estimate of drug-likeness (QED) is 0.599. The van der Waals surface area contributed by atoms with Crippen molar-refractivity contribution < 1.29 is 14.1 Å². The van der Waals surface area contributed by atoms with Gasteiger partial charge < -0.3 is 0 Å². The zero-order chi connectivity index (χ0) is 19.2. The SMILES string of the molecule is CC(C)c1ccc(C#N)c(SCC(=O)Nc2c[n+](N3CCCCC3)no2)n1. The molecule has 0 aromatic carbocycles. The smallest absolute Gasteiger partial charge is 0.288 e. The van der Waals surface area contributed by atoms with Crippen molar-refractivity contribution in [1.82, 2.24) is 10.3 Å². The predicted molar refractivity (Wildman–Crippen MR) is 101 cm³/mol. The van der Waals surface area contributed by atoms with Crippen LogP contribution in [0.2, 0.25) is 0 Å². The first-order valence-electron chi connectivity index (χ1n) is 9.04. The van der Waals surface area contributed by atoms with Crippen LogP contribution in [0.3, 0.4) is 0 Å². The first kappa shape index (κ1) is 19.2. The van der Waals surface area contributed by atoms with Crippen molar-refractivity contribution in [3.8, 4) is 6.07 Å². The van der Waals surface area contributed by atoms with Crippen LogP contribution in [0.5, 0.6) is 0 Å². The number of hydrogen-bond acceptors (Lipinski definition) is 7. The zero-order valence-corrected chi connectivity index (χ0v) is 16.3. The van der Waals surface area contributed by atoms with Gasteiger partial charge in [-0.1, -0.05) is 25.6 Å². The standard InChI is InChI=1S/C18H22N6O2S/c1-13(2)15-7-6-14(10-19)18(20-15)27-12-16(25)21-17-11-24(22-26-17)23-8-4-3-5-9-23/h6-7,11,13H,3-5,8-9,12H2,1-2H3/p+1. The summed E-state index contributed by atoms with van der Waals surface area (Å²) < 4.78 is 5.20. The van der Waals surface area contributed by atoms with Crippen molar-refractivity contribution in [2.24, 2.45) is 0 Å². The van der Waals surface area contributed by atoms with E-state index in [9.17, 15) is 10.1 Å². The molecule has 27 heavy (non-hydrogen) atoms. The van der Waals surface area contributed by atoms with Crippen LogP contribution in [-0.2, 0) is 4.79 Å². The highest BCUT2D eigenvalue weighted by molar-refractivity contribution is 8.00. The highest BCUT2D eigenvalue weighted by Gasteiger charge is 2.23. The number of nitrogens with zero attached hydrogens (tertiary/aromatic N) is 5. The summed E-state index contributed by atoms with van der Waals surface area (Å²) in [7, 11) is 0. The van der Waals surface area contributed by atoms with Gasteiger partial charge in [-0.05, 0) is 37.3 Å². The molecule has 9 heteroatoms. The molecule has 2 aromatic rings. The number of hydrogen-bond donors (Lipinski definition) is 1. The third-order valence-corrected chi connectivity index (χ3v) is 5.27. The van der Waals surface area contributed by atoms with Crippen LogP contribution in [0.4, 0.5) is 5.88 Å². The maximum Gasteiger partial charge on any atom is 0.305 e. The van der Waals surface area contributed by atoms with E-state index < -0.39 is 0 Å². The number of anilines is 1. The predicted octanol–water partition coefficient (Wildman–Crippen LogP) is 2.20. The second kappa shape index (κ2) is 8.86.